The van der Waals surface area contributed by atoms with Gasteiger partial charge in [-0.2, -0.15) is 5.10 Å². The highest BCUT2D eigenvalue weighted by molar-refractivity contribution is 6.11. The van der Waals surface area contributed by atoms with Gasteiger partial charge in [0.05, 0.1) is 6.54 Å². The zero-order valence-electron chi connectivity index (χ0n) is 15.5. The molecule has 0 aliphatic carbocycles. The van der Waals surface area contributed by atoms with E-state index in [2.05, 4.69) is 38.1 Å². The number of carbonyl (C=O) groups is 1. The van der Waals surface area contributed by atoms with Crippen molar-refractivity contribution in [2.45, 2.75) is 46.5 Å². The number of halogens is 2. The van der Waals surface area contributed by atoms with E-state index < -0.39 is 18.3 Å². The largest absolute Gasteiger partial charge is 0.325 e. The molecule has 1 aromatic carbocycles. The van der Waals surface area contributed by atoms with E-state index >= 15 is 0 Å². The third-order valence-electron chi connectivity index (χ3n) is 4.30. The van der Waals surface area contributed by atoms with Gasteiger partial charge in [0.2, 0.25) is 5.91 Å². The first kappa shape index (κ1) is 19.3. The molecule has 0 radical (unpaired) electrons. The van der Waals surface area contributed by atoms with Gasteiger partial charge in [0.25, 0.3) is 6.43 Å². The second-order valence-electron chi connectivity index (χ2n) is 7.96. The number of anilines is 1. The average Bonchev–Trinajstić information content (AvgIpc) is 2.88. The Balaban J connectivity index is 2.18. The smallest absolute Gasteiger partial charge is 0.279 e. The zero-order chi connectivity index (χ0) is 18.8. The van der Waals surface area contributed by atoms with Crippen molar-refractivity contribution in [2.24, 2.45) is 16.4 Å². The molecule has 0 bridgehead atoms. The first-order valence-electron chi connectivity index (χ1n) is 8.56. The van der Waals surface area contributed by atoms with Crippen LogP contribution >= 0.6 is 0 Å². The molecule has 1 aliphatic rings. The summed E-state index contributed by atoms with van der Waals surface area (Å²) in [6.45, 7) is 8.80. The van der Waals surface area contributed by atoms with Gasteiger partial charge in [0.1, 0.15) is 11.6 Å². The summed E-state index contributed by atoms with van der Waals surface area (Å²) in [5.74, 6) is -1.11. The second kappa shape index (κ2) is 7.50. The fourth-order valence-electron chi connectivity index (χ4n) is 3.37. The number of carbonyl (C=O) groups excluding carboxylic acids is 1. The lowest BCUT2D eigenvalue weighted by Gasteiger charge is -2.25. The van der Waals surface area contributed by atoms with Gasteiger partial charge in [-0.1, -0.05) is 45.9 Å². The highest BCUT2D eigenvalue weighted by Gasteiger charge is 2.36. The first-order valence-corrected chi connectivity index (χ1v) is 8.56. The van der Waals surface area contributed by atoms with Crippen molar-refractivity contribution in [3.63, 3.8) is 0 Å². The van der Waals surface area contributed by atoms with Gasteiger partial charge in [-0.15, -0.1) is 0 Å². The van der Waals surface area contributed by atoms with Gasteiger partial charge in [0, 0.05) is 12.7 Å². The lowest BCUT2D eigenvalue weighted by Crippen LogP contribution is -2.34. The number of alkyl halides is 2. The summed E-state index contributed by atoms with van der Waals surface area (Å²) in [5.41, 5.74) is 1.50. The summed E-state index contributed by atoms with van der Waals surface area (Å²) >= 11 is 0. The predicted molar refractivity (Wildman–Crippen MR) is 97.1 cm³/mol. The highest BCUT2D eigenvalue weighted by Crippen LogP contribution is 2.34. The Morgan fingerprint density at radius 2 is 2.00 bits per heavy atom. The molecule has 0 spiro atoms. The van der Waals surface area contributed by atoms with Crippen LogP contribution in [0.4, 0.5) is 14.5 Å². The Kier molecular flexibility index (Phi) is 5.80. The van der Waals surface area contributed by atoms with Crippen LogP contribution in [0.15, 0.2) is 29.4 Å². The third-order valence-corrected chi connectivity index (χ3v) is 4.30. The number of rotatable bonds is 5. The van der Waals surface area contributed by atoms with E-state index in [1.54, 1.807) is 7.05 Å². The van der Waals surface area contributed by atoms with Crippen LogP contribution in [0.1, 0.15) is 45.6 Å². The number of hydrogen-bond donors (Lipinski definition) is 1. The molecule has 1 aromatic rings. The molecular weight excluding hydrogens is 324 g/mol. The molecule has 1 aliphatic heterocycles. The van der Waals surface area contributed by atoms with Crippen molar-refractivity contribution in [3.8, 4) is 0 Å². The Bertz CT molecular complexity index is 652. The van der Waals surface area contributed by atoms with Gasteiger partial charge in [0.15, 0.2) is 0 Å². The molecule has 0 aromatic heterocycles. The summed E-state index contributed by atoms with van der Waals surface area (Å²) in [5, 5.41) is 8.01. The van der Waals surface area contributed by atoms with E-state index in [0.717, 1.165) is 12.0 Å². The molecule has 1 heterocycles. The van der Waals surface area contributed by atoms with Crippen molar-refractivity contribution in [2.75, 3.05) is 18.9 Å². The molecule has 2 atom stereocenters. The standard InChI is InChI=1S/C19H27F2N3O/c1-12(10-19(2,3)4)13-8-6-7-9-15(13)22-18(25)14-11-24(5)23-16(14)17(20)21/h6-9,12,14,17H,10-11H2,1-5H3,(H,22,25). The minimum absolute atomic E-state index is 0.153. The molecule has 0 saturated heterocycles. The third kappa shape index (κ3) is 5.00. The van der Waals surface area contributed by atoms with Crippen LogP contribution in [0.3, 0.4) is 0 Å². The first-order chi connectivity index (χ1) is 11.6. The SMILES string of the molecule is CC(CC(C)(C)C)c1ccccc1NC(=O)C1CN(C)N=C1C(F)F. The van der Waals surface area contributed by atoms with Crippen molar-refractivity contribution < 1.29 is 13.6 Å². The number of hydrazone groups is 1. The van der Waals surface area contributed by atoms with E-state index in [-0.39, 0.29) is 23.6 Å². The lowest BCUT2D eigenvalue weighted by molar-refractivity contribution is -0.118. The van der Waals surface area contributed by atoms with Gasteiger partial charge >= 0.3 is 0 Å². The number of benzene rings is 1. The number of para-hydroxylation sites is 1. The Hall–Kier alpha value is -1.98. The second-order valence-corrected chi connectivity index (χ2v) is 7.96. The molecule has 6 heteroatoms. The summed E-state index contributed by atoms with van der Waals surface area (Å²) in [6, 6.07) is 7.57. The van der Waals surface area contributed by atoms with E-state index in [0.29, 0.717) is 5.69 Å². The molecule has 2 rings (SSSR count). The lowest BCUT2D eigenvalue weighted by atomic mass is 9.82. The van der Waals surface area contributed by atoms with Gasteiger partial charge < -0.3 is 5.32 Å². The Labute approximate surface area is 148 Å². The van der Waals surface area contributed by atoms with Crippen LogP contribution in [0.25, 0.3) is 0 Å². The van der Waals surface area contributed by atoms with Crippen molar-refractivity contribution >= 4 is 17.3 Å². The molecule has 0 fully saturated rings. The average molecular weight is 351 g/mol. The summed E-state index contributed by atoms with van der Waals surface area (Å²) in [7, 11) is 1.59. The maximum atomic E-state index is 13.1. The van der Waals surface area contributed by atoms with Crippen LogP contribution in [-0.2, 0) is 4.79 Å². The topological polar surface area (TPSA) is 44.7 Å². The fourth-order valence-corrected chi connectivity index (χ4v) is 3.37. The Morgan fingerprint density at radius 3 is 2.60 bits per heavy atom. The Morgan fingerprint density at radius 1 is 1.36 bits per heavy atom. The quantitative estimate of drug-likeness (QED) is 0.857. The van der Waals surface area contributed by atoms with Crippen molar-refractivity contribution in [1.82, 2.24) is 5.01 Å². The normalized spacial score (nSPS) is 19.1. The van der Waals surface area contributed by atoms with Crippen molar-refractivity contribution in [1.29, 1.82) is 0 Å². The summed E-state index contributed by atoms with van der Waals surface area (Å²) in [4.78, 5) is 12.6. The number of nitrogens with one attached hydrogen (secondary N) is 1. The van der Waals surface area contributed by atoms with E-state index in [9.17, 15) is 13.6 Å². The molecule has 1 amide bonds. The van der Waals surface area contributed by atoms with Crippen LogP contribution in [0, 0.1) is 11.3 Å². The van der Waals surface area contributed by atoms with Crippen LogP contribution in [0.2, 0.25) is 0 Å². The minimum Gasteiger partial charge on any atom is -0.325 e. The van der Waals surface area contributed by atoms with Crippen molar-refractivity contribution in [3.05, 3.63) is 29.8 Å². The summed E-state index contributed by atoms with van der Waals surface area (Å²) < 4.78 is 26.2. The molecule has 25 heavy (non-hydrogen) atoms. The van der Waals surface area contributed by atoms with E-state index in [1.165, 1.54) is 5.01 Å². The van der Waals surface area contributed by atoms with Crippen LogP contribution in [0.5, 0.6) is 0 Å². The minimum atomic E-state index is -2.73. The van der Waals surface area contributed by atoms with Crippen LogP contribution in [-0.4, -0.2) is 36.6 Å². The molecule has 2 unspecified atom stereocenters. The van der Waals surface area contributed by atoms with E-state index in [4.69, 9.17) is 0 Å². The van der Waals surface area contributed by atoms with Gasteiger partial charge in [-0.25, -0.2) is 8.78 Å². The molecular formula is C19H27F2N3O. The fraction of sp³-hybridized carbons (Fsp3) is 0.579. The highest BCUT2D eigenvalue weighted by atomic mass is 19.3. The number of amides is 1. The monoisotopic (exact) mass is 351 g/mol. The maximum Gasteiger partial charge on any atom is 0.279 e. The van der Waals surface area contributed by atoms with Gasteiger partial charge in [-0.05, 0) is 29.4 Å². The van der Waals surface area contributed by atoms with E-state index in [1.807, 2.05) is 24.3 Å². The van der Waals surface area contributed by atoms with Gasteiger partial charge in [-0.3, -0.25) is 9.80 Å². The predicted octanol–water partition coefficient (Wildman–Crippen LogP) is 4.35. The molecule has 138 valence electrons. The van der Waals surface area contributed by atoms with Crippen LogP contribution < -0.4 is 5.32 Å². The molecule has 1 N–H and O–H groups in total. The number of hydrogen-bond acceptors (Lipinski definition) is 3. The summed E-state index contributed by atoms with van der Waals surface area (Å²) in [6.07, 6.45) is -1.77. The maximum absolute atomic E-state index is 13.1. The molecule has 0 saturated carbocycles. The molecule has 4 nitrogen and oxygen atoms in total. The number of nitrogens with zero attached hydrogens (tertiary/aromatic N) is 2. The zero-order valence-corrected chi connectivity index (χ0v) is 15.5.